The number of nitro groups is 1. The van der Waals surface area contributed by atoms with E-state index in [9.17, 15) is 28.1 Å². The van der Waals surface area contributed by atoms with Crippen molar-refractivity contribution in [1.29, 1.82) is 0 Å². The average molecular weight is 361 g/mol. The van der Waals surface area contributed by atoms with Crippen LogP contribution in [0.25, 0.3) is 0 Å². The molecule has 1 N–H and O–H groups in total. The summed E-state index contributed by atoms with van der Waals surface area (Å²) in [6, 6.07) is 2.25. The summed E-state index contributed by atoms with van der Waals surface area (Å²) in [5.41, 5.74) is -1.83. The SMILES string of the molecule is CC1CN(C(=O)CCNc2ccc(C(F)(F)F)cc2[N+](=O)[O-])CCO1. The number of nitro benzene ring substituents is 1. The Labute approximate surface area is 141 Å². The fourth-order valence-corrected chi connectivity index (χ4v) is 2.52. The van der Waals surface area contributed by atoms with E-state index in [2.05, 4.69) is 5.32 Å². The minimum Gasteiger partial charge on any atom is -0.379 e. The number of nitrogens with one attached hydrogen (secondary N) is 1. The molecule has 1 unspecified atom stereocenters. The van der Waals surface area contributed by atoms with Crippen molar-refractivity contribution in [1.82, 2.24) is 4.90 Å². The lowest BCUT2D eigenvalue weighted by molar-refractivity contribution is -0.384. The molecule has 1 aromatic carbocycles. The molecular weight excluding hydrogens is 343 g/mol. The molecule has 1 aliphatic heterocycles. The molecule has 1 heterocycles. The van der Waals surface area contributed by atoms with Gasteiger partial charge in [0.2, 0.25) is 5.91 Å². The fraction of sp³-hybridized carbons (Fsp3) is 0.533. The highest BCUT2D eigenvalue weighted by molar-refractivity contribution is 5.77. The Balaban J connectivity index is 1.98. The Bertz CT molecular complexity index is 651. The fourth-order valence-electron chi connectivity index (χ4n) is 2.52. The third-order valence-corrected chi connectivity index (χ3v) is 3.77. The monoisotopic (exact) mass is 361 g/mol. The van der Waals surface area contributed by atoms with E-state index in [-0.39, 0.29) is 30.7 Å². The number of ether oxygens (including phenoxy) is 1. The largest absolute Gasteiger partial charge is 0.416 e. The van der Waals surface area contributed by atoms with Crippen LogP contribution in [-0.2, 0) is 15.7 Å². The van der Waals surface area contributed by atoms with Gasteiger partial charge in [0.1, 0.15) is 5.69 Å². The van der Waals surface area contributed by atoms with Crippen molar-refractivity contribution in [3.05, 3.63) is 33.9 Å². The topological polar surface area (TPSA) is 84.7 Å². The van der Waals surface area contributed by atoms with Gasteiger partial charge in [-0.05, 0) is 19.1 Å². The van der Waals surface area contributed by atoms with E-state index in [1.165, 1.54) is 0 Å². The average Bonchev–Trinajstić information content (AvgIpc) is 2.53. The lowest BCUT2D eigenvalue weighted by Crippen LogP contribution is -2.44. The molecule has 25 heavy (non-hydrogen) atoms. The van der Waals surface area contributed by atoms with Gasteiger partial charge in [-0.3, -0.25) is 14.9 Å². The van der Waals surface area contributed by atoms with Crippen molar-refractivity contribution in [3.63, 3.8) is 0 Å². The van der Waals surface area contributed by atoms with Crippen LogP contribution in [0.5, 0.6) is 0 Å². The molecule has 1 saturated heterocycles. The van der Waals surface area contributed by atoms with Gasteiger partial charge in [-0.15, -0.1) is 0 Å². The number of morpholine rings is 1. The smallest absolute Gasteiger partial charge is 0.379 e. The number of amides is 1. The van der Waals surface area contributed by atoms with Crippen LogP contribution in [0.3, 0.4) is 0 Å². The Morgan fingerprint density at radius 1 is 1.48 bits per heavy atom. The number of anilines is 1. The van der Waals surface area contributed by atoms with Crippen LogP contribution >= 0.6 is 0 Å². The second kappa shape index (κ2) is 7.68. The molecule has 7 nitrogen and oxygen atoms in total. The van der Waals surface area contributed by atoms with Gasteiger partial charge in [0.05, 0.1) is 23.2 Å². The van der Waals surface area contributed by atoms with Gasteiger partial charge in [0, 0.05) is 32.1 Å². The first kappa shape index (κ1) is 19.0. The molecule has 0 aliphatic carbocycles. The summed E-state index contributed by atoms with van der Waals surface area (Å²) in [6.07, 6.45) is -4.64. The first-order valence-electron chi connectivity index (χ1n) is 7.67. The van der Waals surface area contributed by atoms with Crippen molar-refractivity contribution in [2.24, 2.45) is 0 Å². The summed E-state index contributed by atoms with van der Waals surface area (Å²) in [7, 11) is 0. The molecule has 0 saturated carbocycles. The van der Waals surface area contributed by atoms with E-state index in [0.29, 0.717) is 25.8 Å². The quantitative estimate of drug-likeness (QED) is 0.644. The van der Waals surface area contributed by atoms with Crippen LogP contribution in [0.1, 0.15) is 18.9 Å². The van der Waals surface area contributed by atoms with Crippen LogP contribution in [0, 0.1) is 10.1 Å². The molecule has 138 valence electrons. The first-order chi connectivity index (χ1) is 11.7. The number of benzene rings is 1. The maximum Gasteiger partial charge on any atom is 0.416 e. The molecule has 0 radical (unpaired) electrons. The Morgan fingerprint density at radius 3 is 2.80 bits per heavy atom. The maximum absolute atomic E-state index is 12.7. The number of hydrogen-bond acceptors (Lipinski definition) is 5. The van der Waals surface area contributed by atoms with Crippen LogP contribution in [-0.4, -0.2) is 48.1 Å². The molecule has 0 aromatic heterocycles. The van der Waals surface area contributed by atoms with E-state index in [1.54, 1.807) is 4.90 Å². The zero-order valence-electron chi connectivity index (χ0n) is 13.5. The molecule has 1 atom stereocenters. The molecule has 0 spiro atoms. The summed E-state index contributed by atoms with van der Waals surface area (Å²) < 4.78 is 43.3. The predicted octanol–water partition coefficient (Wildman–Crippen LogP) is 2.66. The predicted molar refractivity (Wildman–Crippen MR) is 83.2 cm³/mol. The first-order valence-corrected chi connectivity index (χ1v) is 7.67. The molecule has 1 amide bonds. The molecule has 0 bridgehead atoms. The highest BCUT2D eigenvalue weighted by atomic mass is 19.4. The van der Waals surface area contributed by atoms with Gasteiger partial charge in [0.15, 0.2) is 0 Å². The van der Waals surface area contributed by atoms with Gasteiger partial charge in [-0.2, -0.15) is 13.2 Å². The third kappa shape index (κ3) is 5.05. The zero-order chi connectivity index (χ0) is 18.6. The van der Waals surface area contributed by atoms with Gasteiger partial charge >= 0.3 is 6.18 Å². The highest BCUT2D eigenvalue weighted by Gasteiger charge is 2.33. The maximum atomic E-state index is 12.7. The van der Waals surface area contributed by atoms with Crippen molar-refractivity contribution in [2.45, 2.75) is 25.6 Å². The summed E-state index contributed by atoms with van der Waals surface area (Å²) in [5.74, 6) is -0.141. The second-order valence-corrected chi connectivity index (χ2v) is 5.68. The normalized spacial score (nSPS) is 18.1. The van der Waals surface area contributed by atoms with E-state index in [1.807, 2.05) is 6.92 Å². The standard InChI is InChI=1S/C15H18F3N3O4/c1-10-9-20(6-7-25-10)14(22)4-5-19-12-3-2-11(15(16,17)18)8-13(12)21(23)24/h2-3,8,10,19H,4-7,9H2,1H3. The van der Waals surface area contributed by atoms with E-state index in [4.69, 9.17) is 4.74 Å². The number of halogens is 3. The van der Waals surface area contributed by atoms with Crippen molar-refractivity contribution < 1.29 is 27.6 Å². The Hall–Kier alpha value is -2.36. The third-order valence-electron chi connectivity index (χ3n) is 3.77. The van der Waals surface area contributed by atoms with Crippen LogP contribution in [0.2, 0.25) is 0 Å². The Kier molecular flexibility index (Phi) is 5.83. The van der Waals surface area contributed by atoms with Crippen molar-refractivity contribution >= 4 is 17.3 Å². The second-order valence-electron chi connectivity index (χ2n) is 5.68. The number of alkyl halides is 3. The minimum absolute atomic E-state index is 0.0540. The number of nitrogens with zero attached hydrogens (tertiary/aromatic N) is 2. The summed E-state index contributed by atoms with van der Waals surface area (Å²) in [5, 5.41) is 13.7. The van der Waals surface area contributed by atoms with Crippen LogP contribution < -0.4 is 5.32 Å². The molecule has 2 rings (SSSR count). The minimum atomic E-state index is -4.66. The molecule has 10 heteroatoms. The van der Waals surface area contributed by atoms with Gasteiger partial charge in [0.25, 0.3) is 5.69 Å². The summed E-state index contributed by atoms with van der Waals surface area (Å²) in [4.78, 5) is 23.8. The lowest BCUT2D eigenvalue weighted by atomic mass is 10.1. The van der Waals surface area contributed by atoms with Gasteiger partial charge in [-0.1, -0.05) is 0 Å². The summed E-state index contributed by atoms with van der Waals surface area (Å²) in [6.45, 7) is 3.33. The van der Waals surface area contributed by atoms with Gasteiger partial charge in [-0.25, -0.2) is 0 Å². The zero-order valence-corrected chi connectivity index (χ0v) is 13.5. The van der Waals surface area contributed by atoms with E-state index >= 15 is 0 Å². The molecule has 1 aromatic rings. The summed E-state index contributed by atoms with van der Waals surface area (Å²) >= 11 is 0. The molecule has 1 fully saturated rings. The van der Waals surface area contributed by atoms with Crippen molar-refractivity contribution in [2.75, 3.05) is 31.6 Å². The lowest BCUT2D eigenvalue weighted by Gasteiger charge is -2.31. The molecule has 1 aliphatic rings. The van der Waals surface area contributed by atoms with Crippen molar-refractivity contribution in [3.8, 4) is 0 Å². The van der Waals surface area contributed by atoms with Crippen LogP contribution in [0.15, 0.2) is 18.2 Å². The number of carbonyl (C=O) groups excluding carboxylic acids is 1. The highest BCUT2D eigenvalue weighted by Crippen LogP contribution is 2.34. The Morgan fingerprint density at radius 2 is 2.20 bits per heavy atom. The molecular formula is C15H18F3N3O4. The number of carbonyl (C=O) groups is 1. The van der Waals surface area contributed by atoms with Crippen LogP contribution in [0.4, 0.5) is 24.5 Å². The van der Waals surface area contributed by atoms with E-state index in [0.717, 1.165) is 12.1 Å². The number of rotatable bonds is 5. The van der Waals surface area contributed by atoms with E-state index < -0.39 is 22.4 Å². The number of hydrogen-bond donors (Lipinski definition) is 1. The van der Waals surface area contributed by atoms with Gasteiger partial charge < -0.3 is 15.0 Å².